The van der Waals surface area contributed by atoms with E-state index in [1.54, 1.807) is 22.8 Å². The van der Waals surface area contributed by atoms with E-state index in [0.29, 0.717) is 34.1 Å². The van der Waals surface area contributed by atoms with Gasteiger partial charge in [0, 0.05) is 31.1 Å². The maximum Gasteiger partial charge on any atom is 0.269 e. The van der Waals surface area contributed by atoms with Gasteiger partial charge < -0.3 is 4.74 Å². The fraction of sp³-hybridized carbons (Fsp3) is 0.127. The molecule has 1 aliphatic heterocycles. The molecule has 296 valence electrons. The highest BCUT2D eigenvalue weighted by Gasteiger charge is 2.29. The van der Waals surface area contributed by atoms with Gasteiger partial charge in [-0.05, 0) is 95.1 Å². The molecule has 5 nitrogen and oxygen atoms in total. The summed E-state index contributed by atoms with van der Waals surface area (Å²) in [6.07, 6.45) is 7.81. The largest absolute Gasteiger partial charge is 0.458 e. The normalized spacial score (nSPS) is 16.5. The van der Waals surface area contributed by atoms with Gasteiger partial charge in [0.15, 0.2) is 0 Å². The van der Waals surface area contributed by atoms with Gasteiger partial charge in [0.25, 0.3) is 6.33 Å². The highest BCUT2D eigenvalue weighted by molar-refractivity contribution is 6.77. The molecule has 4 heterocycles. The third-order valence-electron chi connectivity index (χ3n) is 12.1. The summed E-state index contributed by atoms with van der Waals surface area (Å²) in [5.74, 6) is 2.52. The van der Waals surface area contributed by atoms with Crippen molar-refractivity contribution in [3.63, 3.8) is 0 Å². The van der Waals surface area contributed by atoms with E-state index >= 15 is 0 Å². The highest BCUT2D eigenvalue weighted by Crippen LogP contribution is 2.40. The summed E-state index contributed by atoms with van der Waals surface area (Å²) < 4.78 is 99.4. The van der Waals surface area contributed by atoms with E-state index in [0.717, 1.165) is 27.6 Å². The summed E-state index contributed by atoms with van der Waals surface area (Å²) in [5.41, 5.74) is 5.49. The predicted molar refractivity (Wildman–Crippen MR) is 252 cm³/mol. The lowest BCUT2D eigenvalue weighted by Gasteiger charge is -2.33. The van der Waals surface area contributed by atoms with Crippen LogP contribution in [0, 0.1) is 6.33 Å². The molecule has 0 atom stereocenters. The molecule has 11 rings (SSSR count). The molecule has 61 heavy (non-hydrogen) atoms. The van der Waals surface area contributed by atoms with Crippen molar-refractivity contribution in [2.45, 2.75) is 43.9 Å². The molecule has 10 aromatic rings. The molecule has 1 aliphatic rings. The Kier molecular flexibility index (Phi) is 6.91. The van der Waals surface area contributed by atoms with Crippen molar-refractivity contribution in [2.24, 2.45) is 0 Å². The van der Waals surface area contributed by atoms with Gasteiger partial charge in [-0.1, -0.05) is 152 Å². The predicted octanol–water partition coefficient (Wildman–Crippen LogP) is 13.9. The lowest BCUT2D eigenvalue weighted by Crippen LogP contribution is -2.31. The van der Waals surface area contributed by atoms with E-state index in [1.165, 1.54) is 30.5 Å². The smallest absolute Gasteiger partial charge is 0.269 e. The molecule has 6 heteroatoms. The fourth-order valence-electron chi connectivity index (χ4n) is 9.00. The van der Waals surface area contributed by atoms with Crippen molar-refractivity contribution in [1.29, 1.82) is 0 Å². The van der Waals surface area contributed by atoms with Gasteiger partial charge >= 0.3 is 0 Å². The van der Waals surface area contributed by atoms with Gasteiger partial charge in [0.05, 0.1) is 47.1 Å². The van der Waals surface area contributed by atoms with Crippen LogP contribution in [0.3, 0.4) is 0 Å². The SMILES string of the molecule is [2H]c1c([2H])c([2H])c(-c2cccc(-c3c([2H])c([2H])c([2H])c([2H])c3[2H])c2-[n+]2[c-]n(-c3cccc(Oc4ccc5c6ccccc6n(-c6cc(C7CC[Si](C)(C)CC7)ccn6)c5c4)c3)c3ccccc32)c([2H])c1[2H]. The van der Waals surface area contributed by atoms with Crippen LogP contribution in [0.4, 0.5) is 0 Å². The first-order valence-electron chi connectivity index (χ1n) is 25.6. The molecule has 0 aliphatic carbocycles. The van der Waals surface area contributed by atoms with Crippen LogP contribution in [-0.4, -0.2) is 22.2 Å². The van der Waals surface area contributed by atoms with E-state index < -0.39 is 68.5 Å². The van der Waals surface area contributed by atoms with E-state index in [2.05, 4.69) is 66.5 Å². The van der Waals surface area contributed by atoms with E-state index in [-0.39, 0.29) is 27.9 Å². The summed E-state index contributed by atoms with van der Waals surface area (Å²) in [4.78, 5) is 4.93. The Bertz CT molecular complexity index is 3680. The molecule has 1 saturated heterocycles. The molecule has 0 bridgehead atoms. The number of ether oxygens (including phenoxy) is 1. The topological polar surface area (TPSA) is 35.9 Å². The van der Waals surface area contributed by atoms with Crippen LogP contribution in [0.15, 0.2) is 188 Å². The van der Waals surface area contributed by atoms with E-state index in [1.807, 2.05) is 71.4 Å². The summed E-state index contributed by atoms with van der Waals surface area (Å²) in [7, 11) is -1.13. The number of fused-ring (bicyclic) bond motifs is 4. The van der Waals surface area contributed by atoms with Crippen LogP contribution in [0.25, 0.3) is 72.3 Å². The maximum absolute atomic E-state index is 9.02. The Morgan fingerprint density at radius 3 is 2.07 bits per heavy atom. The molecule has 7 aromatic carbocycles. The van der Waals surface area contributed by atoms with Crippen molar-refractivity contribution in [3.8, 4) is 50.9 Å². The van der Waals surface area contributed by atoms with Crippen LogP contribution in [0.5, 0.6) is 11.5 Å². The lowest BCUT2D eigenvalue weighted by molar-refractivity contribution is -0.571. The number of rotatable bonds is 8. The van der Waals surface area contributed by atoms with Crippen LogP contribution in [0.1, 0.15) is 38.0 Å². The molecule has 0 saturated carbocycles. The number of para-hydroxylation sites is 4. The second-order valence-corrected chi connectivity index (χ2v) is 21.8. The monoisotopic (exact) mass is 816 g/mol. The molecule has 0 spiro atoms. The third kappa shape index (κ3) is 6.83. The molecule has 0 unspecified atom stereocenters. The van der Waals surface area contributed by atoms with Gasteiger partial charge in [0.2, 0.25) is 0 Å². The lowest BCUT2D eigenvalue weighted by atomic mass is 9.94. The summed E-state index contributed by atoms with van der Waals surface area (Å²) >= 11 is 0. The Labute approximate surface area is 371 Å². The van der Waals surface area contributed by atoms with Gasteiger partial charge in [-0.3, -0.25) is 13.7 Å². The summed E-state index contributed by atoms with van der Waals surface area (Å²) in [6.45, 7) is 5.00. The Balaban J connectivity index is 1.04. The van der Waals surface area contributed by atoms with E-state index in [9.17, 15) is 0 Å². The van der Waals surface area contributed by atoms with Crippen molar-refractivity contribution < 1.29 is 23.0 Å². The second-order valence-electron chi connectivity index (χ2n) is 16.5. The van der Waals surface area contributed by atoms with Gasteiger partial charge in [-0.15, -0.1) is 0 Å². The fourth-order valence-corrected chi connectivity index (χ4v) is 11.5. The number of hydrogen-bond donors (Lipinski definition) is 0. The minimum Gasteiger partial charge on any atom is -0.458 e. The van der Waals surface area contributed by atoms with Crippen LogP contribution in [0.2, 0.25) is 25.2 Å². The van der Waals surface area contributed by atoms with Crippen LogP contribution < -0.4 is 9.30 Å². The highest BCUT2D eigenvalue weighted by atomic mass is 28.3. The average molecular weight is 817 g/mol. The molecule has 1 fully saturated rings. The minimum absolute atomic E-state index is 0.123. The molecule has 0 N–H and O–H groups in total. The number of pyridine rings is 1. The zero-order chi connectivity index (χ0) is 49.6. The Hall–Kier alpha value is -7.02. The molecular weight excluding hydrogens is 761 g/mol. The first-order chi connectivity index (χ1) is 34.1. The van der Waals surface area contributed by atoms with Gasteiger partial charge in [0.1, 0.15) is 17.3 Å². The van der Waals surface area contributed by atoms with Crippen molar-refractivity contribution in [1.82, 2.24) is 14.1 Å². The second kappa shape index (κ2) is 15.2. The maximum atomic E-state index is 9.02. The van der Waals surface area contributed by atoms with Gasteiger partial charge in [-0.2, -0.15) is 0 Å². The van der Waals surface area contributed by atoms with Crippen LogP contribution >= 0.6 is 0 Å². The number of hydrogen-bond acceptors (Lipinski definition) is 2. The minimum atomic E-state index is -1.13. The average Bonchev–Trinajstić information content (AvgIpc) is 3.92. The Morgan fingerprint density at radius 1 is 0.656 bits per heavy atom. The number of aromatic nitrogens is 4. The quantitative estimate of drug-likeness (QED) is 0.0870. The number of benzene rings is 7. The number of imidazole rings is 1. The van der Waals surface area contributed by atoms with E-state index in [4.69, 9.17) is 23.4 Å². The Morgan fingerprint density at radius 2 is 1.31 bits per heavy atom. The standard InChI is InChI=1S/C55H46N4OSi/c1-61(2)33-30-39(31-34-61)42-29-32-56-54(35-42)59-50-24-10-9-21-48(50)49-28-27-45(37-53(49)59)60-44-20-13-19-43(36-44)57-38-58(52-26-12-11-25-51(52)57)55-46(40-15-5-3-6-16-40)22-14-23-47(55)41-17-7-4-8-18-41/h3-29,32,35-37,39H,30-31,33-34H2,1-2H3/i3D,4D,5D,6D,7D,8D,15D,16D,17D,18D. The zero-order valence-electron chi connectivity index (χ0n) is 43.7. The molecule has 0 radical (unpaired) electrons. The van der Waals surface area contributed by atoms with Crippen molar-refractivity contribution >= 4 is 40.9 Å². The van der Waals surface area contributed by atoms with Crippen molar-refractivity contribution in [3.05, 3.63) is 200 Å². The summed E-state index contributed by atoms with van der Waals surface area (Å²) in [5, 5.41) is 2.18. The molecule has 3 aromatic heterocycles. The van der Waals surface area contributed by atoms with Crippen molar-refractivity contribution in [2.75, 3.05) is 0 Å². The first kappa shape index (κ1) is 27.7. The third-order valence-corrected chi connectivity index (χ3v) is 15.4. The zero-order valence-corrected chi connectivity index (χ0v) is 34.7. The molecule has 0 amide bonds. The van der Waals surface area contributed by atoms with Crippen LogP contribution in [-0.2, 0) is 0 Å². The first-order valence-corrected chi connectivity index (χ1v) is 24.0. The molecular formula is C55H46N4OSi. The summed E-state index contributed by atoms with van der Waals surface area (Å²) in [6, 6.07) is 36.1. The number of nitrogens with zero attached hydrogens (tertiary/aromatic N) is 4. The van der Waals surface area contributed by atoms with Gasteiger partial charge in [-0.25, -0.2) is 4.98 Å².